The van der Waals surface area contributed by atoms with Gasteiger partial charge in [-0.1, -0.05) is 12.1 Å². The van der Waals surface area contributed by atoms with Gasteiger partial charge in [0.1, 0.15) is 17.3 Å². The molecule has 0 saturated heterocycles. The van der Waals surface area contributed by atoms with Crippen LogP contribution in [0.25, 0.3) is 5.57 Å². The molecule has 0 bridgehead atoms. The summed E-state index contributed by atoms with van der Waals surface area (Å²) in [7, 11) is 1.57. The van der Waals surface area contributed by atoms with Crippen LogP contribution >= 0.6 is 11.8 Å². The predicted octanol–water partition coefficient (Wildman–Crippen LogP) is 4.90. The number of hydrogen-bond donors (Lipinski definition) is 0. The van der Waals surface area contributed by atoms with Gasteiger partial charge in [0.2, 0.25) is 0 Å². The fourth-order valence-electron chi connectivity index (χ4n) is 3.29. The summed E-state index contributed by atoms with van der Waals surface area (Å²) in [4.78, 5) is 28.3. The smallest absolute Gasteiger partial charge is 0.272 e. The molecule has 1 aliphatic heterocycles. The first-order chi connectivity index (χ1) is 15.1. The van der Waals surface area contributed by atoms with Crippen LogP contribution in [-0.2, 0) is 15.3 Å². The first-order valence-corrected chi connectivity index (χ1v) is 10.8. The van der Waals surface area contributed by atoms with Crippen molar-refractivity contribution >= 4 is 34.8 Å². The zero-order valence-electron chi connectivity index (χ0n) is 17.2. The zero-order chi connectivity index (χ0) is 21.8. The van der Waals surface area contributed by atoms with Crippen molar-refractivity contribution in [1.29, 1.82) is 0 Å². The van der Waals surface area contributed by atoms with Gasteiger partial charge in [-0.15, -0.1) is 11.8 Å². The third-order valence-corrected chi connectivity index (χ3v) is 5.86. The van der Waals surface area contributed by atoms with E-state index in [-0.39, 0.29) is 11.8 Å². The molecular formula is C24H21NO5S. The highest BCUT2D eigenvalue weighted by Crippen LogP contribution is 2.40. The third kappa shape index (κ3) is 4.22. The topological polar surface area (TPSA) is 69.0 Å². The van der Waals surface area contributed by atoms with E-state index in [1.165, 1.54) is 16.7 Å². The van der Waals surface area contributed by atoms with Gasteiger partial charge >= 0.3 is 0 Å². The van der Waals surface area contributed by atoms with E-state index in [2.05, 4.69) is 0 Å². The van der Waals surface area contributed by atoms with Gasteiger partial charge in [0.15, 0.2) is 0 Å². The monoisotopic (exact) mass is 435 g/mol. The molecule has 158 valence electrons. The van der Waals surface area contributed by atoms with Crippen molar-refractivity contribution in [3.8, 4) is 11.5 Å². The van der Waals surface area contributed by atoms with Crippen LogP contribution in [0.5, 0.6) is 11.5 Å². The van der Waals surface area contributed by atoms with E-state index in [1.54, 1.807) is 68.0 Å². The number of ether oxygens (including phenoxy) is 2. The molecule has 0 atom stereocenters. The van der Waals surface area contributed by atoms with E-state index in [4.69, 9.17) is 13.9 Å². The Kier molecular flexibility index (Phi) is 6.13. The van der Waals surface area contributed by atoms with Crippen LogP contribution in [0.1, 0.15) is 18.2 Å². The van der Waals surface area contributed by atoms with Gasteiger partial charge in [-0.3, -0.25) is 9.59 Å². The Morgan fingerprint density at radius 2 is 1.65 bits per heavy atom. The molecule has 0 N–H and O–H groups in total. The third-order valence-electron chi connectivity index (χ3n) is 4.76. The van der Waals surface area contributed by atoms with E-state index < -0.39 is 0 Å². The maximum atomic E-state index is 13.4. The Morgan fingerprint density at radius 1 is 0.935 bits per heavy atom. The number of nitrogens with zero attached hydrogens (tertiary/aromatic N) is 1. The molecule has 7 heteroatoms. The number of benzene rings is 2. The average molecular weight is 436 g/mol. The second kappa shape index (κ2) is 9.14. The molecule has 0 aliphatic carbocycles. The number of furan rings is 1. The molecule has 1 aromatic heterocycles. The highest BCUT2D eigenvalue weighted by atomic mass is 32.2. The minimum Gasteiger partial charge on any atom is -0.497 e. The largest absolute Gasteiger partial charge is 0.497 e. The van der Waals surface area contributed by atoms with E-state index in [0.29, 0.717) is 45.6 Å². The summed E-state index contributed by atoms with van der Waals surface area (Å²) in [5.41, 5.74) is 1.54. The van der Waals surface area contributed by atoms with Crippen LogP contribution in [0.4, 0.5) is 5.69 Å². The van der Waals surface area contributed by atoms with Crippen molar-refractivity contribution in [3.05, 3.63) is 83.2 Å². The second-order valence-corrected chi connectivity index (χ2v) is 7.66. The molecule has 2 amide bonds. The minimum absolute atomic E-state index is 0.351. The minimum atomic E-state index is -0.360. The number of carbonyl (C=O) groups is 2. The summed E-state index contributed by atoms with van der Waals surface area (Å²) in [6, 6.07) is 17.7. The van der Waals surface area contributed by atoms with Crippen molar-refractivity contribution < 1.29 is 23.5 Å². The lowest BCUT2D eigenvalue weighted by molar-refractivity contribution is -0.119. The molecule has 0 fully saturated rings. The lowest BCUT2D eigenvalue weighted by atomic mass is 10.1. The summed E-state index contributed by atoms with van der Waals surface area (Å²) in [6.45, 7) is 2.46. The summed E-state index contributed by atoms with van der Waals surface area (Å²) >= 11 is 1.29. The van der Waals surface area contributed by atoms with Crippen LogP contribution < -0.4 is 14.4 Å². The van der Waals surface area contributed by atoms with Crippen molar-refractivity contribution in [2.45, 2.75) is 12.7 Å². The number of rotatable bonds is 8. The van der Waals surface area contributed by atoms with E-state index in [9.17, 15) is 9.59 Å². The van der Waals surface area contributed by atoms with Gasteiger partial charge in [0.25, 0.3) is 11.8 Å². The van der Waals surface area contributed by atoms with Gasteiger partial charge < -0.3 is 13.9 Å². The summed E-state index contributed by atoms with van der Waals surface area (Å²) in [5.74, 6) is 1.82. The fourth-order valence-corrected chi connectivity index (χ4v) is 4.30. The molecule has 2 aromatic carbocycles. The highest BCUT2D eigenvalue weighted by Gasteiger charge is 2.40. The molecule has 0 spiro atoms. The van der Waals surface area contributed by atoms with Crippen molar-refractivity contribution in [2.75, 3.05) is 18.6 Å². The molecule has 0 saturated carbocycles. The lowest BCUT2D eigenvalue weighted by Crippen LogP contribution is -2.31. The molecule has 0 unspecified atom stereocenters. The SMILES string of the molecule is CCOc1ccc(C2=C(SCc3ccco3)C(=O)N(c3ccc(OC)cc3)C2=O)cc1. The molecule has 2 heterocycles. The molecule has 31 heavy (non-hydrogen) atoms. The van der Waals surface area contributed by atoms with Gasteiger partial charge in [-0.25, -0.2) is 4.90 Å². The zero-order valence-corrected chi connectivity index (χ0v) is 18.0. The molecule has 3 aromatic rings. The van der Waals surface area contributed by atoms with Crippen LogP contribution in [0.2, 0.25) is 0 Å². The van der Waals surface area contributed by atoms with Gasteiger partial charge in [0.05, 0.1) is 41.9 Å². The number of anilines is 1. The fraction of sp³-hybridized carbons (Fsp3) is 0.167. The standard InChI is InChI=1S/C24H21NO5S/c1-3-29-19-10-6-16(7-11-19)21-22(31-15-20-5-4-14-30-20)24(27)25(23(21)26)17-8-12-18(28-2)13-9-17/h4-14H,3,15H2,1-2H3. The number of methoxy groups -OCH3 is 1. The van der Waals surface area contributed by atoms with E-state index in [0.717, 1.165) is 5.76 Å². The molecule has 6 nitrogen and oxygen atoms in total. The van der Waals surface area contributed by atoms with Crippen molar-refractivity contribution in [2.24, 2.45) is 0 Å². The summed E-state index contributed by atoms with van der Waals surface area (Å²) in [5, 5.41) is 0. The average Bonchev–Trinajstić information content (AvgIpc) is 3.39. The Hall–Kier alpha value is -3.45. The first-order valence-electron chi connectivity index (χ1n) is 9.78. The lowest BCUT2D eigenvalue weighted by Gasteiger charge is -2.15. The summed E-state index contributed by atoms with van der Waals surface area (Å²) < 4.78 is 16.1. The predicted molar refractivity (Wildman–Crippen MR) is 120 cm³/mol. The summed E-state index contributed by atoms with van der Waals surface area (Å²) in [6.07, 6.45) is 1.59. The van der Waals surface area contributed by atoms with Gasteiger partial charge in [0, 0.05) is 0 Å². The second-order valence-electron chi connectivity index (χ2n) is 6.67. The van der Waals surface area contributed by atoms with Gasteiger partial charge in [-0.2, -0.15) is 0 Å². The number of thioether (sulfide) groups is 1. The maximum Gasteiger partial charge on any atom is 0.272 e. The van der Waals surface area contributed by atoms with Crippen LogP contribution in [0.3, 0.4) is 0 Å². The Bertz CT molecular complexity index is 1100. The van der Waals surface area contributed by atoms with Gasteiger partial charge in [-0.05, 0) is 61.0 Å². The molecule has 0 radical (unpaired) electrons. The van der Waals surface area contributed by atoms with Crippen molar-refractivity contribution in [1.82, 2.24) is 0 Å². The Labute approximate surface area is 184 Å². The number of amides is 2. The molecular weight excluding hydrogens is 414 g/mol. The highest BCUT2D eigenvalue weighted by molar-refractivity contribution is 8.03. The molecule has 4 rings (SSSR count). The van der Waals surface area contributed by atoms with E-state index in [1.807, 2.05) is 13.0 Å². The number of imide groups is 1. The normalized spacial score (nSPS) is 13.8. The van der Waals surface area contributed by atoms with Crippen LogP contribution in [-0.4, -0.2) is 25.5 Å². The van der Waals surface area contributed by atoms with Crippen LogP contribution in [0.15, 0.2) is 76.2 Å². The van der Waals surface area contributed by atoms with Crippen LogP contribution in [0, 0.1) is 0 Å². The molecule has 1 aliphatic rings. The number of carbonyl (C=O) groups excluding carboxylic acids is 2. The number of hydrogen-bond acceptors (Lipinski definition) is 6. The quantitative estimate of drug-likeness (QED) is 0.469. The Morgan fingerprint density at radius 3 is 2.26 bits per heavy atom. The van der Waals surface area contributed by atoms with Crippen molar-refractivity contribution in [3.63, 3.8) is 0 Å². The maximum absolute atomic E-state index is 13.4. The Balaban J connectivity index is 1.70. The first kappa shape index (κ1) is 20.8. The van der Waals surface area contributed by atoms with E-state index >= 15 is 0 Å².